The number of fused-ring (bicyclic) bond motifs is 1. The molecule has 0 radical (unpaired) electrons. The van der Waals surface area contributed by atoms with E-state index in [1.807, 2.05) is 30.3 Å². The lowest BCUT2D eigenvalue weighted by Gasteiger charge is -1.96. The summed E-state index contributed by atoms with van der Waals surface area (Å²) in [5.41, 5.74) is 6.45. The Labute approximate surface area is 116 Å². The molecule has 18 heavy (non-hydrogen) atoms. The lowest BCUT2D eigenvalue weighted by atomic mass is 10.1. The summed E-state index contributed by atoms with van der Waals surface area (Å²) >= 11 is 0. The van der Waals surface area contributed by atoms with Gasteiger partial charge in [0.1, 0.15) is 6.33 Å². The molecule has 0 aliphatic rings. The van der Waals surface area contributed by atoms with Gasteiger partial charge in [-0.3, -0.25) is 0 Å². The Kier molecular flexibility index (Phi) is 5.80. The summed E-state index contributed by atoms with van der Waals surface area (Å²) in [6.07, 6.45) is 4.88. The van der Waals surface area contributed by atoms with Crippen molar-refractivity contribution in [2.75, 3.05) is 5.73 Å². The number of hydrogen-bond donors (Lipinski definition) is 1. The molecule has 0 fully saturated rings. The Balaban J connectivity index is 0.000000199. The summed E-state index contributed by atoms with van der Waals surface area (Å²) in [6.45, 7) is 0. The van der Waals surface area contributed by atoms with Gasteiger partial charge in [0.15, 0.2) is 0 Å². The number of nitrogen functional groups attached to an aromatic ring is 1. The van der Waals surface area contributed by atoms with Crippen molar-refractivity contribution in [2.24, 2.45) is 0 Å². The highest BCUT2D eigenvalue weighted by Gasteiger charge is 1.89. The van der Waals surface area contributed by atoms with Crippen molar-refractivity contribution in [3.63, 3.8) is 0 Å². The van der Waals surface area contributed by atoms with Crippen LogP contribution in [0.15, 0.2) is 67.3 Å². The summed E-state index contributed by atoms with van der Waals surface area (Å²) in [5.74, 6) is 0. The minimum atomic E-state index is 0. The molecular formula is C14H14BrN3. The fraction of sp³-hybridized carbons (Fsp3) is 0. The number of anilines is 1. The first-order valence-electron chi connectivity index (χ1n) is 5.30. The number of rotatable bonds is 0. The van der Waals surface area contributed by atoms with Crippen LogP contribution in [0.4, 0.5) is 5.69 Å². The Morgan fingerprint density at radius 1 is 0.778 bits per heavy atom. The van der Waals surface area contributed by atoms with Crippen molar-refractivity contribution in [3.8, 4) is 0 Å². The van der Waals surface area contributed by atoms with E-state index in [-0.39, 0.29) is 17.0 Å². The highest BCUT2D eigenvalue weighted by atomic mass is 79.9. The van der Waals surface area contributed by atoms with Crippen molar-refractivity contribution < 1.29 is 0 Å². The molecule has 1 aromatic heterocycles. The second-order valence-corrected chi connectivity index (χ2v) is 3.51. The van der Waals surface area contributed by atoms with Gasteiger partial charge in [0.25, 0.3) is 0 Å². The summed E-state index contributed by atoms with van der Waals surface area (Å²) in [5, 5.41) is 2.44. The van der Waals surface area contributed by atoms with Crippen LogP contribution in [-0.2, 0) is 0 Å². The van der Waals surface area contributed by atoms with Gasteiger partial charge in [-0.1, -0.05) is 30.3 Å². The second kappa shape index (κ2) is 7.40. The molecular weight excluding hydrogens is 290 g/mol. The van der Waals surface area contributed by atoms with Crippen LogP contribution >= 0.6 is 17.0 Å². The van der Waals surface area contributed by atoms with E-state index >= 15 is 0 Å². The summed E-state index contributed by atoms with van der Waals surface area (Å²) in [7, 11) is 0. The van der Waals surface area contributed by atoms with Gasteiger partial charge >= 0.3 is 0 Å². The van der Waals surface area contributed by atoms with E-state index in [9.17, 15) is 0 Å². The van der Waals surface area contributed by atoms with Gasteiger partial charge in [-0.05, 0) is 29.0 Å². The van der Waals surface area contributed by atoms with Crippen LogP contribution in [0.5, 0.6) is 0 Å². The molecule has 2 aromatic carbocycles. The van der Waals surface area contributed by atoms with Crippen LogP contribution in [0.1, 0.15) is 0 Å². The summed E-state index contributed by atoms with van der Waals surface area (Å²) in [6, 6.07) is 15.9. The highest BCUT2D eigenvalue weighted by molar-refractivity contribution is 8.93. The molecule has 3 nitrogen and oxygen atoms in total. The average Bonchev–Trinajstić information content (AvgIpc) is 2.41. The molecule has 2 N–H and O–H groups in total. The zero-order valence-electron chi connectivity index (χ0n) is 9.73. The van der Waals surface area contributed by atoms with Crippen molar-refractivity contribution in [1.82, 2.24) is 9.97 Å². The third-order valence-corrected chi connectivity index (χ3v) is 2.25. The topological polar surface area (TPSA) is 51.8 Å². The fourth-order valence-corrected chi connectivity index (χ4v) is 1.46. The molecule has 0 spiro atoms. The standard InChI is InChI=1S/C10H9N.C4H4N2.BrH/c11-10-6-5-8-3-1-2-4-9(8)7-10;1-2-5-4-6-3-1;/h1-7H,11H2;1-4H;1H. The predicted octanol–water partition coefficient (Wildman–Crippen LogP) is 3.48. The van der Waals surface area contributed by atoms with E-state index in [2.05, 4.69) is 22.1 Å². The fourth-order valence-electron chi connectivity index (χ4n) is 1.46. The van der Waals surface area contributed by atoms with Crippen LogP contribution in [0.25, 0.3) is 10.8 Å². The molecule has 92 valence electrons. The number of nitrogens with two attached hydrogens (primary N) is 1. The first-order chi connectivity index (χ1) is 8.36. The van der Waals surface area contributed by atoms with E-state index in [1.165, 1.54) is 17.1 Å². The minimum absolute atomic E-state index is 0. The number of benzene rings is 2. The Morgan fingerprint density at radius 2 is 1.44 bits per heavy atom. The molecule has 3 rings (SSSR count). The molecule has 1 heterocycles. The molecule has 0 bridgehead atoms. The Bertz CT molecular complexity index is 558. The quantitative estimate of drug-likeness (QED) is 0.647. The van der Waals surface area contributed by atoms with Gasteiger partial charge in [0, 0.05) is 18.1 Å². The van der Waals surface area contributed by atoms with Crippen molar-refractivity contribution in [1.29, 1.82) is 0 Å². The molecule has 0 amide bonds. The van der Waals surface area contributed by atoms with E-state index < -0.39 is 0 Å². The monoisotopic (exact) mass is 303 g/mol. The molecule has 0 aliphatic heterocycles. The largest absolute Gasteiger partial charge is 0.399 e. The van der Waals surface area contributed by atoms with Crippen LogP contribution < -0.4 is 5.73 Å². The Morgan fingerprint density at radius 3 is 2.00 bits per heavy atom. The maximum Gasteiger partial charge on any atom is 0.115 e. The molecule has 0 atom stereocenters. The maximum absolute atomic E-state index is 5.62. The van der Waals surface area contributed by atoms with Gasteiger partial charge in [-0.25, -0.2) is 9.97 Å². The maximum atomic E-state index is 5.62. The zero-order chi connectivity index (χ0) is 11.9. The number of aromatic nitrogens is 2. The lowest BCUT2D eigenvalue weighted by molar-refractivity contribution is 1.17. The van der Waals surface area contributed by atoms with Crippen LogP contribution in [0.2, 0.25) is 0 Å². The van der Waals surface area contributed by atoms with E-state index in [0.717, 1.165) is 5.69 Å². The average molecular weight is 304 g/mol. The highest BCUT2D eigenvalue weighted by Crippen LogP contribution is 2.15. The summed E-state index contributed by atoms with van der Waals surface area (Å²) < 4.78 is 0. The molecule has 0 unspecified atom stereocenters. The second-order valence-electron chi connectivity index (χ2n) is 3.51. The van der Waals surface area contributed by atoms with Gasteiger partial charge in [-0.2, -0.15) is 0 Å². The predicted molar refractivity (Wildman–Crippen MR) is 80.7 cm³/mol. The molecule has 0 aliphatic carbocycles. The van der Waals surface area contributed by atoms with E-state index in [1.54, 1.807) is 18.5 Å². The molecule has 4 heteroatoms. The van der Waals surface area contributed by atoms with Gasteiger partial charge in [-0.15, -0.1) is 17.0 Å². The third kappa shape index (κ3) is 4.14. The van der Waals surface area contributed by atoms with Crippen LogP contribution in [0, 0.1) is 0 Å². The first kappa shape index (κ1) is 14.1. The zero-order valence-corrected chi connectivity index (χ0v) is 11.4. The van der Waals surface area contributed by atoms with Gasteiger partial charge in [0.2, 0.25) is 0 Å². The minimum Gasteiger partial charge on any atom is -0.399 e. The number of hydrogen-bond acceptors (Lipinski definition) is 3. The SMILES string of the molecule is Br.Nc1ccc2ccccc2c1.c1cncnc1. The summed E-state index contributed by atoms with van der Waals surface area (Å²) in [4.78, 5) is 7.35. The molecule has 3 aromatic rings. The van der Waals surface area contributed by atoms with Gasteiger partial charge in [0.05, 0.1) is 0 Å². The number of halogens is 1. The van der Waals surface area contributed by atoms with Crippen molar-refractivity contribution in [3.05, 3.63) is 67.3 Å². The first-order valence-corrected chi connectivity index (χ1v) is 5.30. The van der Waals surface area contributed by atoms with E-state index in [4.69, 9.17) is 5.73 Å². The van der Waals surface area contributed by atoms with Crippen LogP contribution in [-0.4, -0.2) is 9.97 Å². The molecule has 0 saturated carbocycles. The van der Waals surface area contributed by atoms with Crippen molar-refractivity contribution >= 4 is 33.4 Å². The van der Waals surface area contributed by atoms with Crippen molar-refractivity contribution in [2.45, 2.75) is 0 Å². The third-order valence-electron chi connectivity index (χ3n) is 2.25. The van der Waals surface area contributed by atoms with Crippen LogP contribution in [0.3, 0.4) is 0 Å². The normalized spacial score (nSPS) is 8.89. The number of nitrogens with zero attached hydrogens (tertiary/aromatic N) is 2. The smallest absolute Gasteiger partial charge is 0.115 e. The van der Waals surface area contributed by atoms with E-state index in [0.29, 0.717) is 0 Å². The lowest BCUT2D eigenvalue weighted by Crippen LogP contribution is -1.82. The Hall–Kier alpha value is -1.94. The molecule has 0 saturated heterocycles. The van der Waals surface area contributed by atoms with Gasteiger partial charge < -0.3 is 5.73 Å².